The van der Waals surface area contributed by atoms with Crippen LogP contribution in [0.25, 0.3) is 132 Å². The van der Waals surface area contributed by atoms with Crippen molar-refractivity contribution in [2.45, 2.75) is 66.2 Å². The van der Waals surface area contributed by atoms with Crippen molar-refractivity contribution in [1.29, 1.82) is 10.5 Å². The quantitative estimate of drug-likeness (QED) is 0.156. The SMILES string of the molecule is Cc1cccc2c1c1c(C)cccc1n2-c1cc(-c2ccc(C(F)(F)F)cc2C(F)(F)F)cc(-n2c3cccc(C)c3c3c(C)cccc32)c1C#N.Cc1cccc2c1c1ccccc1n2-c1cc(-c2ccc(C(F)(F)F)cc2C(F)(F)F)cc(-n2c3ccccc3c3c(C)cccc32)c1C#N. The van der Waals surface area contributed by atoms with Crippen LogP contribution < -0.4 is 0 Å². The smallest absolute Gasteiger partial charge is 0.308 e. The fourth-order valence-corrected chi connectivity index (χ4v) is 15.2. The van der Waals surface area contributed by atoms with Gasteiger partial charge in [0.1, 0.15) is 23.3 Å². The molecule has 0 spiro atoms. The van der Waals surface area contributed by atoms with Crippen LogP contribution in [0.5, 0.6) is 0 Å². The number of halogens is 12. The Kier molecular flexibility index (Phi) is 15.4. The molecule has 102 heavy (non-hydrogen) atoms. The minimum Gasteiger partial charge on any atom is -0.308 e. The topological polar surface area (TPSA) is 67.3 Å². The van der Waals surface area contributed by atoms with E-state index in [0.717, 1.165) is 133 Å². The number of aryl methyl sites for hydroxylation is 6. The highest BCUT2D eigenvalue weighted by Crippen LogP contribution is 2.49. The summed E-state index contributed by atoms with van der Waals surface area (Å²) < 4.78 is 179. The molecule has 0 aliphatic heterocycles. The van der Waals surface area contributed by atoms with Crippen LogP contribution in [-0.2, 0) is 24.7 Å². The molecule has 0 radical (unpaired) electrons. The van der Waals surface area contributed by atoms with E-state index in [1.54, 1.807) is 0 Å². The summed E-state index contributed by atoms with van der Waals surface area (Å²) in [6, 6.07) is 63.7. The lowest BCUT2D eigenvalue weighted by atomic mass is 9.94. The second-order valence-corrected chi connectivity index (χ2v) is 25.7. The number of hydrogen-bond donors (Lipinski definition) is 0. The third-order valence-corrected chi connectivity index (χ3v) is 19.6. The third-order valence-electron chi connectivity index (χ3n) is 19.6. The molecule has 0 fully saturated rings. The standard InChI is InChI=1S/C43H29F6N3.C41H25F6N3/c1-23-9-5-13-32-38(23)39-24(2)10-6-14-33(39)51(32)36-19-27(29-18-17-28(42(44,45)46)21-31(29)43(47,48)49)20-37(30(36)22-50)52-34-15-7-11-25(3)40(34)41-26(4)12-8-16-35(41)52;1-23-9-7-15-34-38(23)28-11-3-5-13-32(28)49(34)36-19-25(27-18-17-26(40(42,43)44)21-31(27)41(45,46)47)20-37(30(36)22-48)50-33-14-6-4-12-29(33)39-24(2)10-8-16-35(39)50/h5-21H,1-4H3;3-21H,1-2H3. The number of rotatable bonds is 6. The van der Waals surface area contributed by atoms with Gasteiger partial charge in [-0.1, -0.05) is 121 Å². The summed E-state index contributed by atoms with van der Waals surface area (Å²) in [6.07, 6.45) is -20.2. The molecule has 0 saturated carbocycles. The predicted molar refractivity (Wildman–Crippen MR) is 379 cm³/mol. The number of nitriles is 2. The number of nitrogens with zero attached hydrogens (tertiary/aromatic N) is 6. The van der Waals surface area contributed by atoms with E-state index in [0.29, 0.717) is 34.9 Å². The molecule has 0 aliphatic rings. The van der Waals surface area contributed by atoms with E-state index in [1.807, 2.05) is 218 Å². The Morgan fingerprint density at radius 1 is 0.265 bits per heavy atom. The summed E-state index contributed by atoms with van der Waals surface area (Å²) in [7, 11) is 0. The molecular formula is C84H54F12N6. The molecule has 0 saturated heterocycles. The Labute approximate surface area is 574 Å². The van der Waals surface area contributed by atoms with E-state index in [-0.39, 0.29) is 34.4 Å². The molecule has 0 unspecified atom stereocenters. The van der Waals surface area contributed by atoms with Crippen molar-refractivity contribution in [2.75, 3.05) is 0 Å². The lowest BCUT2D eigenvalue weighted by molar-refractivity contribution is -0.144. The van der Waals surface area contributed by atoms with Crippen LogP contribution in [0.15, 0.2) is 218 Å². The van der Waals surface area contributed by atoms with Crippen molar-refractivity contribution in [3.05, 3.63) is 285 Å². The molecular weight excluding hydrogens is 1320 g/mol. The van der Waals surface area contributed by atoms with Gasteiger partial charge in [-0.15, -0.1) is 0 Å². The van der Waals surface area contributed by atoms with Gasteiger partial charge >= 0.3 is 24.7 Å². The third kappa shape index (κ3) is 10.5. The summed E-state index contributed by atoms with van der Waals surface area (Å²) >= 11 is 0. The highest BCUT2D eigenvalue weighted by atomic mass is 19.4. The first-order chi connectivity index (χ1) is 48.6. The minimum atomic E-state index is -5.12. The average molecular weight is 1380 g/mol. The number of aromatic nitrogens is 4. The van der Waals surface area contributed by atoms with Crippen LogP contribution in [0.4, 0.5) is 52.7 Å². The van der Waals surface area contributed by atoms with E-state index >= 15 is 0 Å². The van der Waals surface area contributed by atoms with Crippen LogP contribution in [0, 0.1) is 64.2 Å². The molecule has 12 aromatic carbocycles. The Morgan fingerprint density at radius 3 is 0.775 bits per heavy atom. The molecule has 0 N–H and O–H groups in total. The largest absolute Gasteiger partial charge is 0.417 e. The Morgan fingerprint density at radius 2 is 0.510 bits per heavy atom. The van der Waals surface area contributed by atoms with Gasteiger partial charge in [0.2, 0.25) is 0 Å². The van der Waals surface area contributed by atoms with Crippen molar-refractivity contribution in [3.8, 4) is 57.1 Å². The summed E-state index contributed by atoms with van der Waals surface area (Å²) in [5, 5.41) is 29.4. The molecule has 504 valence electrons. The van der Waals surface area contributed by atoms with Gasteiger partial charge in [-0.05, 0) is 194 Å². The van der Waals surface area contributed by atoms with Crippen molar-refractivity contribution in [3.63, 3.8) is 0 Å². The molecule has 4 aromatic heterocycles. The number of hydrogen-bond acceptors (Lipinski definition) is 2. The molecule has 6 nitrogen and oxygen atoms in total. The summed E-state index contributed by atoms with van der Waals surface area (Å²) in [4.78, 5) is 0. The summed E-state index contributed by atoms with van der Waals surface area (Å²) in [5.41, 5.74) is 6.72. The molecule has 4 heterocycles. The summed E-state index contributed by atoms with van der Waals surface area (Å²) in [6.45, 7) is 11.8. The molecule has 0 amide bonds. The maximum Gasteiger partial charge on any atom is 0.417 e. The van der Waals surface area contributed by atoms with Gasteiger partial charge in [0.15, 0.2) is 0 Å². The van der Waals surface area contributed by atoms with Gasteiger partial charge in [0.25, 0.3) is 0 Å². The Bertz CT molecular complexity index is 5900. The fourth-order valence-electron chi connectivity index (χ4n) is 15.2. The lowest BCUT2D eigenvalue weighted by Gasteiger charge is -2.21. The number of benzene rings is 12. The van der Waals surface area contributed by atoms with E-state index in [9.17, 15) is 63.2 Å². The number of alkyl halides is 12. The van der Waals surface area contributed by atoms with Gasteiger partial charge in [0.05, 0.1) is 89.1 Å². The highest BCUT2D eigenvalue weighted by Gasteiger charge is 2.41. The Hall–Kier alpha value is -12.0. The molecule has 16 rings (SSSR count). The van der Waals surface area contributed by atoms with Crippen molar-refractivity contribution < 1.29 is 52.7 Å². The van der Waals surface area contributed by atoms with Crippen LogP contribution >= 0.6 is 0 Å². The zero-order valence-corrected chi connectivity index (χ0v) is 55.0. The zero-order chi connectivity index (χ0) is 72.0. The second-order valence-electron chi connectivity index (χ2n) is 25.7. The highest BCUT2D eigenvalue weighted by molar-refractivity contribution is 6.16. The minimum absolute atomic E-state index is 0.00668. The Balaban J connectivity index is 0.000000165. The van der Waals surface area contributed by atoms with Crippen LogP contribution in [0.2, 0.25) is 0 Å². The average Bonchev–Trinajstić information content (AvgIpc) is 1.51. The number of fused-ring (bicyclic) bond motifs is 12. The summed E-state index contributed by atoms with van der Waals surface area (Å²) in [5.74, 6) is 0. The van der Waals surface area contributed by atoms with Crippen molar-refractivity contribution >= 4 is 87.2 Å². The zero-order valence-electron chi connectivity index (χ0n) is 55.0. The van der Waals surface area contributed by atoms with E-state index in [2.05, 4.69) is 12.1 Å². The molecule has 0 bridgehead atoms. The van der Waals surface area contributed by atoms with Gasteiger partial charge in [-0.25, -0.2) is 0 Å². The lowest BCUT2D eigenvalue weighted by Crippen LogP contribution is -2.12. The van der Waals surface area contributed by atoms with E-state index in [1.165, 1.54) is 24.3 Å². The van der Waals surface area contributed by atoms with Gasteiger partial charge < -0.3 is 18.3 Å². The molecule has 0 aliphatic carbocycles. The maximum atomic E-state index is 14.8. The fraction of sp³-hybridized carbons (Fsp3) is 0.119. The van der Waals surface area contributed by atoms with Crippen LogP contribution in [0.3, 0.4) is 0 Å². The van der Waals surface area contributed by atoms with Crippen molar-refractivity contribution in [2.24, 2.45) is 0 Å². The first kappa shape index (κ1) is 65.9. The van der Waals surface area contributed by atoms with Crippen LogP contribution in [0.1, 0.15) is 66.8 Å². The number of para-hydroxylation sites is 2. The van der Waals surface area contributed by atoms with Gasteiger partial charge in [-0.3, -0.25) is 0 Å². The molecule has 18 heteroatoms. The van der Waals surface area contributed by atoms with Gasteiger partial charge in [-0.2, -0.15) is 63.2 Å². The van der Waals surface area contributed by atoms with E-state index in [4.69, 9.17) is 0 Å². The first-order valence-electron chi connectivity index (χ1n) is 32.3. The molecule has 0 atom stereocenters. The molecule has 16 aromatic rings. The maximum absolute atomic E-state index is 14.8. The second kappa shape index (κ2) is 23.8. The predicted octanol–water partition coefficient (Wildman–Crippen LogP) is 24.8. The first-order valence-corrected chi connectivity index (χ1v) is 32.3. The van der Waals surface area contributed by atoms with E-state index < -0.39 is 58.1 Å². The normalized spacial score (nSPS) is 12.4. The van der Waals surface area contributed by atoms with Crippen LogP contribution in [-0.4, -0.2) is 18.3 Å². The van der Waals surface area contributed by atoms with Gasteiger partial charge in [0, 0.05) is 43.1 Å². The van der Waals surface area contributed by atoms with Crippen molar-refractivity contribution in [1.82, 2.24) is 18.3 Å². The monoisotopic (exact) mass is 1370 g/mol.